The maximum Gasteiger partial charge on any atom is 0.358 e. The van der Waals surface area contributed by atoms with Crippen molar-refractivity contribution in [1.29, 1.82) is 0 Å². The summed E-state index contributed by atoms with van der Waals surface area (Å²) in [5.74, 6) is -0.930. The van der Waals surface area contributed by atoms with Gasteiger partial charge in [-0.15, -0.1) is 10.2 Å². The number of nitrogens with zero attached hydrogens (tertiary/aromatic N) is 2. The fraction of sp³-hybridized carbons (Fsp3) is 0.538. The summed E-state index contributed by atoms with van der Waals surface area (Å²) in [6.45, 7) is 0.545. The number of aliphatic carboxylic acids is 1. The van der Waals surface area contributed by atoms with Crippen molar-refractivity contribution in [2.45, 2.75) is 19.3 Å². The SMILES string of the molecule is COC(=O)c1ccc(NCC2CCCC2C(=O)O)nn1. The molecule has 20 heavy (non-hydrogen) atoms. The molecular formula is C13H17N3O4. The molecule has 2 unspecified atom stereocenters. The summed E-state index contributed by atoms with van der Waals surface area (Å²) in [6.07, 6.45) is 2.57. The highest BCUT2D eigenvalue weighted by molar-refractivity contribution is 5.86. The number of nitrogens with one attached hydrogen (secondary N) is 1. The van der Waals surface area contributed by atoms with E-state index < -0.39 is 11.9 Å². The number of esters is 1. The molecule has 1 aromatic heterocycles. The second kappa shape index (κ2) is 6.31. The predicted octanol–water partition coefficient (Wildman–Crippen LogP) is 1.18. The average molecular weight is 279 g/mol. The van der Waals surface area contributed by atoms with Gasteiger partial charge in [0.1, 0.15) is 5.82 Å². The Kier molecular flexibility index (Phi) is 4.49. The fourth-order valence-electron chi connectivity index (χ4n) is 2.48. The Hall–Kier alpha value is -2.18. The molecular weight excluding hydrogens is 262 g/mol. The van der Waals surface area contributed by atoms with Crippen LogP contribution in [0.5, 0.6) is 0 Å². The third-order valence-corrected chi connectivity index (χ3v) is 3.58. The summed E-state index contributed by atoms with van der Waals surface area (Å²) in [4.78, 5) is 22.3. The number of carboxylic acids is 1. The summed E-state index contributed by atoms with van der Waals surface area (Å²) in [5, 5.41) is 19.8. The van der Waals surface area contributed by atoms with Crippen molar-refractivity contribution < 1.29 is 19.4 Å². The molecule has 0 amide bonds. The minimum Gasteiger partial charge on any atom is -0.481 e. The average Bonchev–Trinajstić information content (AvgIpc) is 2.93. The van der Waals surface area contributed by atoms with Gasteiger partial charge in [0, 0.05) is 6.54 Å². The molecule has 1 fully saturated rings. The Morgan fingerprint density at radius 2 is 2.20 bits per heavy atom. The number of aromatic nitrogens is 2. The van der Waals surface area contributed by atoms with Gasteiger partial charge in [0.05, 0.1) is 13.0 Å². The quantitative estimate of drug-likeness (QED) is 0.780. The number of carbonyl (C=O) groups excluding carboxylic acids is 1. The van der Waals surface area contributed by atoms with Gasteiger partial charge >= 0.3 is 11.9 Å². The Morgan fingerprint density at radius 3 is 2.80 bits per heavy atom. The van der Waals surface area contributed by atoms with Crippen LogP contribution in [0.15, 0.2) is 12.1 Å². The van der Waals surface area contributed by atoms with E-state index >= 15 is 0 Å². The standard InChI is InChI=1S/C13H17N3O4/c1-20-13(19)10-5-6-11(16-15-10)14-7-8-3-2-4-9(8)12(17)18/h5-6,8-9H,2-4,7H2,1H3,(H,14,16)(H,17,18). The Bertz CT molecular complexity index is 489. The molecule has 1 aromatic rings. The van der Waals surface area contributed by atoms with Crippen LogP contribution < -0.4 is 5.32 Å². The van der Waals surface area contributed by atoms with Crippen LogP contribution in [0.2, 0.25) is 0 Å². The van der Waals surface area contributed by atoms with Gasteiger partial charge in [-0.2, -0.15) is 0 Å². The lowest BCUT2D eigenvalue weighted by atomic mass is 9.96. The molecule has 2 N–H and O–H groups in total. The molecule has 0 spiro atoms. The molecule has 1 saturated carbocycles. The van der Waals surface area contributed by atoms with E-state index in [2.05, 4.69) is 20.3 Å². The predicted molar refractivity (Wildman–Crippen MR) is 70.3 cm³/mol. The van der Waals surface area contributed by atoms with Gasteiger partial charge in [-0.05, 0) is 30.9 Å². The zero-order valence-electron chi connectivity index (χ0n) is 11.2. The molecule has 0 aliphatic heterocycles. The second-order valence-electron chi connectivity index (χ2n) is 4.81. The monoisotopic (exact) mass is 279 g/mol. The lowest BCUT2D eigenvalue weighted by Gasteiger charge is -2.16. The molecule has 1 heterocycles. The molecule has 7 nitrogen and oxygen atoms in total. The minimum absolute atomic E-state index is 0.106. The summed E-state index contributed by atoms with van der Waals surface area (Å²) in [5.41, 5.74) is 0.141. The number of hydrogen-bond acceptors (Lipinski definition) is 6. The van der Waals surface area contributed by atoms with Crippen molar-refractivity contribution in [3.63, 3.8) is 0 Å². The molecule has 0 aromatic carbocycles. The van der Waals surface area contributed by atoms with E-state index in [1.54, 1.807) is 6.07 Å². The molecule has 0 saturated heterocycles. The van der Waals surface area contributed by atoms with Crippen molar-refractivity contribution in [1.82, 2.24) is 10.2 Å². The van der Waals surface area contributed by atoms with Crippen LogP contribution in [0, 0.1) is 11.8 Å². The van der Waals surface area contributed by atoms with Crippen LogP contribution in [0.25, 0.3) is 0 Å². The van der Waals surface area contributed by atoms with Crippen LogP contribution in [-0.2, 0) is 9.53 Å². The maximum atomic E-state index is 11.2. The highest BCUT2D eigenvalue weighted by Crippen LogP contribution is 2.31. The molecule has 1 aliphatic rings. The number of hydrogen-bond donors (Lipinski definition) is 2. The highest BCUT2D eigenvalue weighted by Gasteiger charge is 2.32. The zero-order chi connectivity index (χ0) is 14.5. The van der Waals surface area contributed by atoms with E-state index in [1.807, 2.05) is 0 Å². The third kappa shape index (κ3) is 3.23. The first-order chi connectivity index (χ1) is 9.61. The molecule has 7 heteroatoms. The van der Waals surface area contributed by atoms with Gasteiger partial charge in [0.2, 0.25) is 0 Å². The zero-order valence-corrected chi connectivity index (χ0v) is 11.2. The maximum absolute atomic E-state index is 11.2. The third-order valence-electron chi connectivity index (χ3n) is 3.58. The number of carboxylic acid groups (broad SMARTS) is 1. The number of anilines is 1. The fourth-order valence-corrected chi connectivity index (χ4v) is 2.48. The molecule has 2 rings (SSSR count). The van der Waals surface area contributed by atoms with Gasteiger partial charge in [0.25, 0.3) is 0 Å². The summed E-state index contributed by atoms with van der Waals surface area (Å²) >= 11 is 0. The molecule has 1 aliphatic carbocycles. The summed E-state index contributed by atoms with van der Waals surface area (Å²) in [6, 6.07) is 3.15. The number of methoxy groups -OCH3 is 1. The second-order valence-corrected chi connectivity index (χ2v) is 4.81. The molecule has 2 atom stereocenters. The van der Waals surface area contributed by atoms with Gasteiger partial charge in [0.15, 0.2) is 5.69 Å². The Labute approximate surface area is 116 Å². The largest absolute Gasteiger partial charge is 0.481 e. The summed E-state index contributed by atoms with van der Waals surface area (Å²) in [7, 11) is 1.28. The van der Waals surface area contributed by atoms with E-state index in [0.29, 0.717) is 12.4 Å². The van der Waals surface area contributed by atoms with E-state index in [-0.39, 0.29) is 17.5 Å². The Morgan fingerprint density at radius 1 is 1.40 bits per heavy atom. The van der Waals surface area contributed by atoms with Crippen molar-refractivity contribution in [3.8, 4) is 0 Å². The first-order valence-corrected chi connectivity index (χ1v) is 6.50. The van der Waals surface area contributed by atoms with E-state index in [1.165, 1.54) is 13.2 Å². The van der Waals surface area contributed by atoms with Crippen LogP contribution in [0.1, 0.15) is 29.8 Å². The number of carbonyl (C=O) groups is 2. The highest BCUT2D eigenvalue weighted by atomic mass is 16.5. The molecule has 108 valence electrons. The van der Waals surface area contributed by atoms with Crippen molar-refractivity contribution in [3.05, 3.63) is 17.8 Å². The Balaban J connectivity index is 1.91. The number of ether oxygens (including phenoxy) is 1. The van der Waals surface area contributed by atoms with E-state index in [9.17, 15) is 9.59 Å². The number of rotatable bonds is 5. The van der Waals surface area contributed by atoms with Gasteiger partial charge in [-0.3, -0.25) is 4.79 Å². The van der Waals surface area contributed by atoms with Crippen LogP contribution in [0.3, 0.4) is 0 Å². The van der Waals surface area contributed by atoms with Crippen LogP contribution in [-0.4, -0.2) is 40.9 Å². The van der Waals surface area contributed by atoms with Crippen molar-refractivity contribution in [2.24, 2.45) is 11.8 Å². The molecule has 0 radical (unpaired) electrons. The minimum atomic E-state index is -0.735. The summed E-state index contributed by atoms with van der Waals surface area (Å²) < 4.78 is 4.53. The van der Waals surface area contributed by atoms with Gasteiger partial charge in [-0.1, -0.05) is 6.42 Å². The van der Waals surface area contributed by atoms with E-state index in [0.717, 1.165) is 19.3 Å². The smallest absolute Gasteiger partial charge is 0.358 e. The van der Waals surface area contributed by atoms with E-state index in [4.69, 9.17) is 5.11 Å². The topological polar surface area (TPSA) is 101 Å². The first kappa shape index (κ1) is 14.2. The van der Waals surface area contributed by atoms with Gasteiger partial charge in [-0.25, -0.2) is 4.79 Å². The molecule has 0 bridgehead atoms. The lowest BCUT2D eigenvalue weighted by molar-refractivity contribution is -0.142. The van der Waals surface area contributed by atoms with Crippen LogP contribution >= 0.6 is 0 Å². The normalized spacial score (nSPS) is 21.4. The first-order valence-electron chi connectivity index (χ1n) is 6.50. The van der Waals surface area contributed by atoms with Crippen molar-refractivity contribution >= 4 is 17.8 Å². The van der Waals surface area contributed by atoms with Crippen molar-refractivity contribution in [2.75, 3.05) is 19.0 Å². The van der Waals surface area contributed by atoms with Crippen LogP contribution in [0.4, 0.5) is 5.82 Å². The lowest BCUT2D eigenvalue weighted by Crippen LogP contribution is -2.24. The van der Waals surface area contributed by atoms with Gasteiger partial charge < -0.3 is 15.2 Å².